The van der Waals surface area contributed by atoms with E-state index in [0.29, 0.717) is 22.4 Å². The Morgan fingerprint density at radius 1 is 1.38 bits per heavy atom. The summed E-state index contributed by atoms with van der Waals surface area (Å²) < 4.78 is 29.0. The average Bonchev–Trinajstić information content (AvgIpc) is 2.15. The molecule has 0 amide bonds. The molecule has 0 heterocycles. The topological polar surface area (TPSA) is 59.1 Å². The monoisotopic (exact) mass is 228 g/mol. The normalized spacial score (nSPS) is 10.6. The summed E-state index contributed by atoms with van der Waals surface area (Å²) in [5.41, 5.74) is 7.31. The Morgan fingerprint density at radius 2 is 1.88 bits per heavy atom. The molecular weight excluding hydrogens is 214 g/mol. The molecule has 1 aromatic carbocycles. The van der Waals surface area contributed by atoms with Crippen molar-refractivity contribution in [2.75, 3.05) is 6.61 Å². The number of nitrogens with one attached hydrogen (secondary N) is 1. The molecule has 0 aliphatic carbocycles. The number of halogens is 2. The van der Waals surface area contributed by atoms with Gasteiger partial charge >= 0.3 is 0 Å². The Bertz CT molecular complexity index is 382. The van der Waals surface area contributed by atoms with Crippen molar-refractivity contribution in [1.29, 1.82) is 5.41 Å². The second kappa shape index (κ2) is 4.92. The smallest absolute Gasteiger partial charge is 0.272 e. The molecule has 0 aromatic heterocycles. The van der Waals surface area contributed by atoms with E-state index in [0.717, 1.165) is 0 Å². The number of nitrogen functional groups attached to an aromatic ring is 1. The van der Waals surface area contributed by atoms with Crippen LogP contribution < -0.4 is 10.5 Å². The van der Waals surface area contributed by atoms with E-state index in [4.69, 9.17) is 15.9 Å². The average molecular weight is 228 g/mol. The Hall–Kier alpha value is -1.65. The van der Waals surface area contributed by atoms with Crippen LogP contribution in [0.4, 0.5) is 8.78 Å². The van der Waals surface area contributed by atoms with E-state index in [1.165, 1.54) is 0 Å². The number of ether oxygens (including phenoxy) is 1. The van der Waals surface area contributed by atoms with Crippen LogP contribution in [0, 0.1) is 19.3 Å². The maximum absolute atomic E-state index is 12.0. The second-order valence-electron chi connectivity index (χ2n) is 3.55. The molecule has 0 atom stereocenters. The van der Waals surface area contributed by atoms with Gasteiger partial charge in [0, 0.05) is 5.56 Å². The van der Waals surface area contributed by atoms with E-state index in [2.05, 4.69) is 0 Å². The van der Waals surface area contributed by atoms with Crippen LogP contribution in [-0.2, 0) is 0 Å². The summed E-state index contributed by atoms with van der Waals surface area (Å²) in [6.45, 7) is 2.85. The highest BCUT2D eigenvalue weighted by atomic mass is 19.3. The van der Waals surface area contributed by atoms with Crippen LogP contribution in [0.15, 0.2) is 12.1 Å². The first-order chi connectivity index (χ1) is 7.41. The first kappa shape index (κ1) is 12.4. The summed E-state index contributed by atoms with van der Waals surface area (Å²) in [5, 5.41) is 7.29. The largest absolute Gasteiger partial charge is 0.487 e. The molecule has 16 heavy (non-hydrogen) atoms. The van der Waals surface area contributed by atoms with Crippen molar-refractivity contribution in [3.63, 3.8) is 0 Å². The molecule has 0 bridgehead atoms. The van der Waals surface area contributed by atoms with Gasteiger partial charge in [0.15, 0.2) is 0 Å². The molecule has 0 saturated carbocycles. The highest BCUT2D eigenvalue weighted by Gasteiger charge is 2.10. The standard InChI is InChI=1S/C11H14F2N2O/c1-6-3-8(11(14)15)4-7(2)10(6)16-5-9(12)13/h3-4,9H,5H2,1-2H3,(H3,14,15). The minimum Gasteiger partial charge on any atom is -0.487 e. The van der Waals surface area contributed by atoms with E-state index in [-0.39, 0.29) is 5.84 Å². The molecule has 1 rings (SSSR count). The van der Waals surface area contributed by atoms with Crippen LogP contribution in [0.2, 0.25) is 0 Å². The Kier molecular flexibility index (Phi) is 3.82. The van der Waals surface area contributed by atoms with E-state index in [1.54, 1.807) is 26.0 Å². The number of alkyl halides is 2. The van der Waals surface area contributed by atoms with Gasteiger partial charge in [0.05, 0.1) is 0 Å². The predicted molar refractivity (Wildman–Crippen MR) is 58.4 cm³/mol. The van der Waals surface area contributed by atoms with Gasteiger partial charge < -0.3 is 10.5 Å². The first-order valence-electron chi connectivity index (χ1n) is 4.78. The maximum atomic E-state index is 12.0. The summed E-state index contributed by atoms with van der Waals surface area (Å²) in [7, 11) is 0. The Labute approximate surface area is 92.7 Å². The zero-order valence-electron chi connectivity index (χ0n) is 9.18. The molecule has 5 heteroatoms. The molecule has 3 nitrogen and oxygen atoms in total. The van der Waals surface area contributed by atoms with Crippen LogP contribution in [0.5, 0.6) is 5.75 Å². The Balaban J connectivity index is 2.98. The van der Waals surface area contributed by atoms with Gasteiger partial charge in [-0.25, -0.2) is 8.78 Å². The fraction of sp³-hybridized carbons (Fsp3) is 0.364. The van der Waals surface area contributed by atoms with Gasteiger partial charge in [-0.1, -0.05) is 0 Å². The number of hydrogen-bond donors (Lipinski definition) is 2. The van der Waals surface area contributed by atoms with E-state index < -0.39 is 13.0 Å². The Morgan fingerprint density at radius 3 is 2.25 bits per heavy atom. The van der Waals surface area contributed by atoms with Crippen molar-refractivity contribution >= 4 is 5.84 Å². The van der Waals surface area contributed by atoms with Crippen molar-refractivity contribution in [3.8, 4) is 5.75 Å². The van der Waals surface area contributed by atoms with Crippen molar-refractivity contribution < 1.29 is 13.5 Å². The first-order valence-corrected chi connectivity index (χ1v) is 4.78. The van der Waals surface area contributed by atoms with Crippen LogP contribution in [0.3, 0.4) is 0 Å². The molecule has 1 aromatic rings. The van der Waals surface area contributed by atoms with E-state index in [1.807, 2.05) is 0 Å². The fourth-order valence-electron chi connectivity index (χ4n) is 1.48. The number of benzene rings is 1. The van der Waals surface area contributed by atoms with Crippen molar-refractivity contribution in [3.05, 3.63) is 28.8 Å². The zero-order chi connectivity index (χ0) is 12.3. The lowest BCUT2D eigenvalue weighted by molar-refractivity contribution is 0.0812. The van der Waals surface area contributed by atoms with Gasteiger partial charge in [0.25, 0.3) is 6.43 Å². The molecule has 0 aliphatic rings. The third kappa shape index (κ3) is 2.92. The molecular formula is C11H14F2N2O. The highest BCUT2D eigenvalue weighted by Crippen LogP contribution is 2.25. The van der Waals surface area contributed by atoms with Crippen LogP contribution >= 0.6 is 0 Å². The van der Waals surface area contributed by atoms with Crippen LogP contribution in [-0.4, -0.2) is 18.9 Å². The summed E-state index contributed by atoms with van der Waals surface area (Å²) in [4.78, 5) is 0. The molecule has 0 unspecified atom stereocenters. The number of hydrogen-bond acceptors (Lipinski definition) is 2. The lowest BCUT2D eigenvalue weighted by Gasteiger charge is -2.13. The molecule has 0 fully saturated rings. The predicted octanol–water partition coefficient (Wildman–Crippen LogP) is 2.23. The molecule has 0 spiro atoms. The fourth-order valence-corrected chi connectivity index (χ4v) is 1.48. The minimum atomic E-state index is -2.49. The lowest BCUT2D eigenvalue weighted by atomic mass is 10.1. The van der Waals surface area contributed by atoms with Crippen LogP contribution in [0.1, 0.15) is 16.7 Å². The molecule has 3 N–H and O–H groups in total. The van der Waals surface area contributed by atoms with Gasteiger partial charge in [0.1, 0.15) is 18.2 Å². The SMILES string of the molecule is Cc1cc(C(=N)N)cc(C)c1OCC(F)F. The van der Waals surface area contributed by atoms with Crippen molar-refractivity contribution in [2.45, 2.75) is 20.3 Å². The molecule has 0 aliphatic heterocycles. The second-order valence-corrected chi connectivity index (χ2v) is 3.55. The van der Waals surface area contributed by atoms with Crippen molar-refractivity contribution in [1.82, 2.24) is 0 Å². The minimum absolute atomic E-state index is 0.0494. The van der Waals surface area contributed by atoms with Gasteiger partial charge in [0.2, 0.25) is 0 Å². The van der Waals surface area contributed by atoms with E-state index >= 15 is 0 Å². The van der Waals surface area contributed by atoms with E-state index in [9.17, 15) is 8.78 Å². The number of rotatable bonds is 4. The summed E-state index contributed by atoms with van der Waals surface area (Å²) in [6, 6.07) is 3.30. The number of nitrogens with two attached hydrogens (primary N) is 1. The number of aryl methyl sites for hydroxylation is 2. The third-order valence-corrected chi connectivity index (χ3v) is 2.12. The summed E-state index contributed by atoms with van der Waals surface area (Å²) in [6.07, 6.45) is -2.49. The molecule has 88 valence electrons. The molecule has 0 saturated heterocycles. The summed E-state index contributed by atoms with van der Waals surface area (Å²) in [5.74, 6) is 0.386. The van der Waals surface area contributed by atoms with Gasteiger partial charge in [-0.3, -0.25) is 5.41 Å². The zero-order valence-corrected chi connectivity index (χ0v) is 9.18. The maximum Gasteiger partial charge on any atom is 0.272 e. The van der Waals surface area contributed by atoms with Crippen molar-refractivity contribution in [2.24, 2.45) is 5.73 Å². The van der Waals surface area contributed by atoms with Gasteiger partial charge in [-0.2, -0.15) is 0 Å². The van der Waals surface area contributed by atoms with Gasteiger partial charge in [-0.15, -0.1) is 0 Å². The lowest BCUT2D eigenvalue weighted by Crippen LogP contribution is -2.13. The summed E-state index contributed by atoms with van der Waals surface area (Å²) >= 11 is 0. The highest BCUT2D eigenvalue weighted by molar-refractivity contribution is 5.95. The molecule has 0 radical (unpaired) electrons. The number of amidine groups is 1. The third-order valence-electron chi connectivity index (χ3n) is 2.12. The van der Waals surface area contributed by atoms with Gasteiger partial charge in [-0.05, 0) is 37.1 Å². The quantitative estimate of drug-likeness (QED) is 0.613. The van der Waals surface area contributed by atoms with Crippen LogP contribution in [0.25, 0.3) is 0 Å².